The summed E-state index contributed by atoms with van der Waals surface area (Å²) in [5, 5.41) is 3.27. The summed E-state index contributed by atoms with van der Waals surface area (Å²) in [4.78, 5) is 2.40. The maximum Gasteiger partial charge on any atom is 0.0492 e. The van der Waals surface area contributed by atoms with Crippen LogP contribution in [0.5, 0.6) is 0 Å². The molecule has 2 atom stereocenters. The molecule has 0 aromatic heterocycles. The van der Waals surface area contributed by atoms with Gasteiger partial charge < -0.3 is 15.0 Å². The van der Waals surface area contributed by atoms with Gasteiger partial charge >= 0.3 is 0 Å². The Bertz CT molecular complexity index is 256. The normalized spacial score (nSPS) is 20.5. The van der Waals surface area contributed by atoms with E-state index in [1.807, 2.05) is 96.9 Å². The minimum atomic E-state index is 0.824. The summed E-state index contributed by atoms with van der Waals surface area (Å²) in [6, 6.07) is 0. The first-order chi connectivity index (χ1) is 19.5. The summed E-state index contributed by atoms with van der Waals surface area (Å²) in [5.74, 6) is 3.78. The van der Waals surface area contributed by atoms with Gasteiger partial charge in [-0.2, -0.15) is 0 Å². The van der Waals surface area contributed by atoms with Gasteiger partial charge in [-0.1, -0.05) is 150 Å². The van der Waals surface area contributed by atoms with Gasteiger partial charge in [0.05, 0.1) is 0 Å². The van der Waals surface area contributed by atoms with E-state index in [9.17, 15) is 0 Å². The molecule has 3 heterocycles. The second-order valence-corrected chi connectivity index (χ2v) is 9.44. The molecule has 0 bridgehead atoms. The maximum atomic E-state index is 5.06. The molecule has 0 radical (unpaired) electrons. The van der Waals surface area contributed by atoms with Crippen LogP contribution < -0.4 is 5.32 Å². The summed E-state index contributed by atoms with van der Waals surface area (Å²) in [6.45, 7) is 44.2. The van der Waals surface area contributed by atoms with Crippen molar-refractivity contribution in [2.45, 2.75) is 176 Å². The van der Waals surface area contributed by atoms with E-state index in [1.165, 1.54) is 77.5 Å². The van der Waals surface area contributed by atoms with Crippen LogP contribution in [0.2, 0.25) is 0 Å². The summed E-state index contributed by atoms with van der Waals surface area (Å²) in [5.41, 5.74) is 0. The molecule has 1 N–H and O–H groups in total. The molecule has 0 amide bonds. The molecule has 4 fully saturated rings. The van der Waals surface area contributed by atoms with E-state index in [-0.39, 0.29) is 0 Å². The van der Waals surface area contributed by atoms with Gasteiger partial charge in [0, 0.05) is 13.2 Å². The van der Waals surface area contributed by atoms with Gasteiger partial charge in [0.25, 0.3) is 0 Å². The quantitative estimate of drug-likeness (QED) is 0.309. The molecule has 3 nitrogen and oxygen atoms in total. The van der Waals surface area contributed by atoms with Crippen LogP contribution in [-0.4, -0.2) is 51.3 Å². The number of nitrogens with zero attached hydrogens (tertiary/aromatic N) is 1. The van der Waals surface area contributed by atoms with Gasteiger partial charge in [-0.25, -0.2) is 0 Å². The van der Waals surface area contributed by atoms with E-state index in [0.717, 1.165) is 36.9 Å². The number of ether oxygens (including phenoxy) is 1. The zero-order chi connectivity index (χ0) is 33.2. The van der Waals surface area contributed by atoms with Crippen LogP contribution in [0.3, 0.4) is 0 Å². The highest BCUT2D eigenvalue weighted by molar-refractivity contribution is 4.66. The number of hydrogen-bond donors (Lipinski definition) is 1. The molecule has 0 aromatic rings. The minimum absolute atomic E-state index is 0.824. The summed E-state index contributed by atoms with van der Waals surface area (Å²) < 4.78 is 5.06. The largest absolute Gasteiger partial charge is 0.381 e. The van der Waals surface area contributed by atoms with Crippen molar-refractivity contribution in [2.24, 2.45) is 23.7 Å². The lowest BCUT2D eigenvalue weighted by Gasteiger charge is -2.26. The first-order valence-corrected chi connectivity index (χ1v) is 18.4. The molecule has 0 spiro atoms. The Labute approximate surface area is 260 Å². The second kappa shape index (κ2) is 58.5. The predicted octanol–water partition coefficient (Wildman–Crippen LogP) is 12.4. The third kappa shape index (κ3) is 54.0. The molecule has 1 saturated carbocycles. The Kier molecular flexibility index (Phi) is 81.6. The fourth-order valence-corrected chi connectivity index (χ4v) is 3.72. The average Bonchev–Trinajstić information content (AvgIpc) is 3.84. The zero-order valence-corrected chi connectivity index (χ0v) is 32.6. The standard InChI is InChI=1S/C7H15N.C6H12.C5H11N.C5H10O.7C2H6/c1-7-3-5-8(2)6-4-7;1-6-4-2-3-5-6;2*1-5-2-3-6-4-5;7*1-2/h7H,3-6H2,1-2H3;6H,2-5H2,1H3;5-6H,2-4H2,1H3;5H,2-4H2,1H3;7*1-2H3. The summed E-state index contributed by atoms with van der Waals surface area (Å²) in [7, 11) is 2.20. The molecule has 3 heteroatoms. The Morgan fingerprint density at radius 2 is 0.900 bits per heavy atom. The third-order valence-corrected chi connectivity index (χ3v) is 6.12. The highest BCUT2D eigenvalue weighted by atomic mass is 16.5. The van der Waals surface area contributed by atoms with Crippen LogP contribution in [0.4, 0.5) is 0 Å². The highest BCUT2D eigenvalue weighted by Gasteiger charge is 2.11. The van der Waals surface area contributed by atoms with Crippen molar-refractivity contribution in [2.75, 3.05) is 46.4 Å². The first-order valence-electron chi connectivity index (χ1n) is 18.4. The van der Waals surface area contributed by atoms with Gasteiger partial charge in [-0.3, -0.25) is 0 Å². The van der Waals surface area contributed by atoms with Crippen LogP contribution in [0.15, 0.2) is 0 Å². The van der Waals surface area contributed by atoms with Gasteiger partial charge in [-0.05, 0) is 82.6 Å². The van der Waals surface area contributed by atoms with Crippen molar-refractivity contribution in [1.29, 1.82) is 0 Å². The van der Waals surface area contributed by atoms with Crippen molar-refractivity contribution in [1.82, 2.24) is 10.2 Å². The summed E-state index contributed by atoms with van der Waals surface area (Å²) in [6.07, 6.45) is 11.4. The minimum Gasteiger partial charge on any atom is -0.381 e. The molecule has 4 rings (SSSR count). The molecule has 4 aliphatic rings. The second-order valence-electron chi connectivity index (χ2n) is 9.44. The van der Waals surface area contributed by atoms with Gasteiger partial charge in [0.2, 0.25) is 0 Å². The van der Waals surface area contributed by atoms with E-state index < -0.39 is 0 Å². The lowest BCUT2D eigenvalue weighted by Crippen LogP contribution is -2.28. The van der Waals surface area contributed by atoms with Crippen LogP contribution in [-0.2, 0) is 4.74 Å². The van der Waals surface area contributed by atoms with E-state index >= 15 is 0 Å². The molecular formula is C37H90N2O. The Balaban J connectivity index is -0.0000000636. The van der Waals surface area contributed by atoms with E-state index in [0.29, 0.717) is 0 Å². The number of nitrogens with one attached hydrogen (secondary N) is 1. The van der Waals surface area contributed by atoms with Crippen molar-refractivity contribution in [3.63, 3.8) is 0 Å². The molecule has 3 saturated heterocycles. The molecule has 0 aromatic carbocycles. The van der Waals surface area contributed by atoms with Crippen LogP contribution in [0.25, 0.3) is 0 Å². The monoisotopic (exact) mass is 579 g/mol. The van der Waals surface area contributed by atoms with Gasteiger partial charge in [0.15, 0.2) is 0 Å². The van der Waals surface area contributed by atoms with E-state index in [1.54, 1.807) is 0 Å². The summed E-state index contributed by atoms with van der Waals surface area (Å²) >= 11 is 0. The van der Waals surface area contributed by atoms with Gasteiger partial charge in [0.1, 0.15) is 0 Å². The topological polar surface area (TPSA) is 24.5 Å². The Morgan fingerprint density at radius 1 is 0.500 bits per heavy atom. The van der Waals surface area contributed by atoms with Crippen LogP contribution in [0.1, 0.15) is 176 Å². The smallest absolute Gasteiger partial charge is 0.0492 e. The molecule has 1 aliphatic carbocycles. The molecule has 2 unspecified atom stereocenters. The molecular weight excluding hydrogens is 488 g/mol. The third-order valence-electron chi connectivity index (χ3n) is 6.12. The molecule has 40 heavy (non-hydrogen) atoms. The highest BCUT2D eigenvalue weighted by Crippen LogP contribution is 2.23. The maximum absolute atomic E-state index is 5.06. The number of likely N-dealkylation sites (tertiary alicyclic amines) is 1. The average molecular weight is 579 g/mol. The number of hydrogen-bond acceptors (Lipinski definition) is 3. The van der Waals surface area contributed by atoms with E-state index in [4.69, 9.17) is 4.74 Å². The lowest BCUT2D eigenvalue weighted by atomic mass is 10.00. The molecule has 3 aliphatic heterocycles. The first kappa shape index (κ1) is 55.8. The SMILES string of the molecule is CC.CC.CC.CC.CC.CC.CC.CC1CCCC1.CC1CCN(C)CC1.CC1CCNC1.CC1CCOC1. The van der Waals surface area contributed by atoms with E-state index in [2.05, 4.69) is 45.0 Å². The fraction of sp³-hybridized carbons (Fsp3) is 1.00. The van der Waals surface area contributed by atoms with Crippen LogP contribution >= 0.6 is 0 Å². The van der Waals surface area contributed by atoms with Crippen molar-refractivity contribution < 1.29 is 4.74 Å². The van der Waals surface area contributed by atoms with Crippen molar-refractivity contribution >= 4 is 0 Å². The fourth-order valence-electron chi connectivity index (χ4n) is 3.72. The van der Waals surface area contributed by atoms with Crippen molar-refractivity contribution in [3.8, 4) is 0 Å². The Morgan fingerprint density at radius 3 is 1.05 bits per heavy atom. The lowest BCUT2D eigenvalue weighted by molar-refractivity contribution is 0.188. The van der Waals surface area contributed by atoms with Crippen LogP contribution in [0, 0.1) is 23.7 Å². The Hall–Kier alpha value is -0.120. The predicted molar refractivity (Wildman–Crippen MR) is 194 cm³/mol. The van der Waals surface area contributed by atoms with Crippen molar-refractivity contribution in [3.05, 3.63) is 0 Å². The molecule has 254 valence electrons. The number of rotatable bonds is 0. The zero-order valence-electron chi connectivity index (χ0n) is 32.6. The van der Waals surface area contributed by atoms with Gasteiger partial charge in [-0.15, -0.1) is 0 Å². The number of piperidine rings is 1.